The fraction of sp³-hybridized carbons (Fsp3) is 0.875. The van der Waals surface area contributed by atoms with E-state index in [1.807, 2.05) is 19.0 Å². The summed E-state index contributed by atoms with van der Waals surface area (Å²) in [4.78, 5) is 13.1. The molecule has 0 bridgehead atoms. The number of carbonyl (C=O) groups is 1. The van der Waals surface area contributed by atoms with Crippen LogP contribution in [0.2, 0.25) is 0 Å². The van der Waals surface area contributed by atoms with Crippen LogP contribution >= 0.6 is 12.6 Å². The van der Waals surface area contributed by atoms with Crippen LogP contribution in [0.5, 0.6) is 0 Å². The van der Waals surface area contributed by atoms with E-state index in [4.69, 9.17) is 4.74 Å². The lowest BCUT2D eigenvalue weighted by molar-refractivity contribution is -0.145. The van der Waals surface area contributed by atoms with Gasteiger partial charge in [0.25, 0.3) is 0 Å². The molecule has 0 atom stereocenters. The first-order valence-corrected chi connectivity index (χ1v) is 4.33. The third kappa shape index (κ3) is 5.43. The van der Waals surface area contributed by atoms with Gasteiger partial charge in [-0.25, -0.2) is 0 Å². The minimum atomic E-state index is -0.688. The second kappa shape index (κ2) is 4.72. The number of hydrogen-bond acceptors (Lipinski definition) is 4. The van der Waals surface area contributed by atoms with Gasteiger partial charge in [0.05, 0.1) is 0 Å². The van der Waals surface area contributed by atoms with E-state index >= 15 is 0 Å². The van der Waals surface area contributed by atoms with Crippen molar-refractivity contribution in [3.63, 3.8) is 0 Å². The standard InChI is InChI=1S/C8H17NO2S/c1-8(2,12)7(10)11-6-5-9(3)4/h12H,5-6H2,1-4H3. The molecule has 0 spiro atoms. The number of ether oxygens (including phenoxy) is 1. The maximum atomic E-state index is 11.1. The van der Waals surface area contributed by atoms with Gasteiger partial charge in [-0.1, -0.05) is 0 Å². The van der Waals surface area contributed by atoms with Crippen molar-refractivity contribution in [3.05, 3.63) is 0 Å². The smallest absolute Gasteiger partial charge is 0.321 e. The molecule has 0 unspecified atom stereocenters. The van der Waals surface area contributed by atoms with E-state index in [1.165, 1.54) is 0 Å². The second-order valence-electron chi connectivity index (χ2n) is 3.50. The van der Waals surface area contributed by atoms with Gasteiger partial charge >= 0.3 is 5.97 Å². The van der Waals surface area contributed by atoms with Gasteiger partial charge in [0, 0.05) is 6.54 Å². The Morgan fingerprint density at radius 1 is 1.50 bits per heavy atom. The second-order valence-corrected chi connectivity index (χ2v) is 4.62. The topological polar surface area (TPSA) is 29.5 Å². The summed E-state index contributed by atoms with van der Waals surface area (Å²) in [6.45, 7) is 4.60. The number of carbonyl (C=O) groups excluding carboxylic acids is 1. The summed E-state index contributed by atoms with van der Waals surface area (Å²) >= 11 is 4.09. The zero-order chi connectivity index (χ0) is 9.78. The van der Waals surface area contributed by atoms with E-state index < -0.39 is 4.75 Å². The van der Waals surface area contributed by atoms with Gasteiger partial charge in [-0.15, -0.1) is 0 Å². The summed E-state index contributed by atoms with van der Waals surface area (Å²) in [7, 11) is 3.86. The summed E-state index contributed by atoms with van der Waals surface area (Å²) in [6.07, 6.45) is 0. The van der Waals surface area contributed by atoms with Crippen molar-refractivity contribution < 1.29 is 9.53 Å². The summed E-state index contributed by atoms with van der Waals surface area (Å²) in [6, 6.07) is 0. The maximum absolute atomic E-state index is 11.1. The van der Waals surface area contributed by atoms with Crippen LogP contribution in [-0.4, -0.2) is 42.9 Å². The monoisotopic (exact) mass is 191 g/mol. The van der Waals surface area contributed by atoms with Crippen molar-refractivity contribution >= 4 is 18.6 Å². The molecule has 0 rings (SSSR count). The van der Waals surface area contributed by atoms with E-state index in [9.17, 15) is 4.79 Å². The highest BCUT2D eigenvalue weighted by Crippen LogP contribution is 2.13. The first kappa shape index (κ1) is 11.8. The Bertz CT molecular complexity index is 152. The van der Waals surface area contributed by atoms with Crippen LogP contribution in [0.3, 0.4) is 0 Å². The van der Waals surface area contributed by atoms with Crippen LogP contribution in [0.15, 0.2) is 0 Å². The quantitative estimate of drug-likeness (QED) is 0.526. The molecular weight excluding hydrogens is 174 g/mol. The molecule has 72 valence electrons. The molecule has 0 aliphatic rings. The lowest BCUT2D eigenvalue weighted by atomic mass is 10.2. The zero-order valence-electron chi connectivity index (χ0n) is 8.13. The van der Waals surface area contributed by atoms with E-state index in [-0.39, 0.29) is 5.97 Å². The Balaban J connectivity index is 3.59. The molecule has 0 radical (unpaired) electrons. The molecular formula is C8H17NO2S. The molecule has 0 fully saturated rings. The average molecular weight is 191 g/mol. The van der Waals surface area contributed by atoms with Gasteiger partial charge in [0.1, 0.15) is 11.4 Å². The number of esters is 1. The van der Waals surface area contributed by atoms with Gasteiger partial charge in [-0.2, -0.15) is 12.6 Å². The number of thiol groups is 1. The minimum absolute atomic E-state index is 0.271. The Morgan fingerprint density at radius 2 is 2.00 bits per heavy atom. The predicted molar refractivity (Wildman–Crippen MR) is 52.6 cm³/mol. The molecule has 0 N–H and O–H groups in total. The molecule has 0 aliphatic heterocycles. The van der Waals surface area contributed by atoms with Crippen LogP contribution < -0.4 is 0 Å². The SMILES string of the molecule is CN(C)CCOC(=O)C(C)(C)S. The summed E-state index contributed by atoms with van der Waals surface area (Å²) in [5, 5.41) is 0. The van der Waals surface area contributed by atoms with Crippen molar-refractivity contribution in [2.75, 3.05) is 27.2 Å². The third-order valence-electron chi connectivity index (χ3n) is 1.27. The van der Waals surface area contributed by atoms with Gasteiger partial charge < -0.3 is 9.64 Å². The first-order chi connectivity index (χ1) is 5.34. The summed E-state index contributed by atoms with van der Waals surface area (Å²) in [5.41, 5.74) is 0. The molecule has 0 saturated heterocycles. The zero-order valence-corrected chi connectivity index (χ0v) is 9.02. The van der Waals surface area contributed by atoms with Gasteiger partial charge in [0.15, 0.2) is 0 Å². The fourth-order valence-electron chi connectivity index (χ4n) is 0.498. The van der Waals surface area contributed by atoms with E-state index in [2.05, 4.69) is 12.6 Å². The highest BCUT2D eigenvalue weighted by Gasteiger charge is 2.23. The van der Waals surface area contributed by atoms with Crippen LogP contribution in [-0.2, 0) is 9.53 Å². The minimum Gasteiger partial charge on any atom is -0.463 e. The number of likely N-dealkylation sites (N-methyl/N-ethyl adjacent to an activating group) is 1. The van der Waals surface area contributed by atoms with Gasteiger partial charge in [-0.3, -0.25) is 4.79 Å². The van der Waals surface area contributed by atoms with Crippen LogP contribution in [0, 0.1) is 0 Å². The third-order valence-corrected chi connectivity index (χ3v) is 1.45. The highest BCUT2D eigenvalue weighted by molar-refractivity contribution is 7.82. The van der Waals surface area contributed by atoms with E-state index in [0.29, 0.717) is 6.61 Å². The number of nitrogens with zero attached hydrogens (tertiary/aromatic N) is 1. The van der Waals surface area contributed by atoms with Gasteiger partial charge in [-0.05, 0) is 27.9 Å². The molecule has 0 aromatic heterocycles. The van der Waals surface area contributed by atoms with Crippen molar-refractivity contribution in [1.82, 2.24) is 4.90 Å². The van der Waals surface area contributed by atoms with Crippen molar-refractivity contribution in [2.45, 2.75) is 18.6 Å². The highest BCUT2D eigenvalue weighted by atomic mass is 32.1. The van der Waals surface area contributed by atoms with Gasteiger partial charge in [0.2, 0.25) is 0 Å². The van der Waals surface area contributed by atoms with Crippen LogP contribution in [0.25, 0.3) is 0 Å². The fourth-order valence-corrected chi connectivity index (χ4v) is 0.562. The largest absolute Gasteiger partial charge is 0.463 e. The molecule has 0 heterocycles. The van der Waals surface area contributed by atoms with E-state index in [0.717, 1.165) is 6.54 Å². The molecule has 0 saturated carbocycles. The van der Waals surface area contributed by atoms with Crippen LogP contribution in [0.4, 0.5) is 0 Å². The lowest BCUT2D eigenvalue weighted by Gasteiger charge is -2.16. The molecule has 0 aliphatic carbocycles. The summed E-state index contributed by atoms with van der Waals surface area (Å²) < 4.78 is 4.27. The Kier molecular flexibility index (Phi) is 4.63. The molecule has 3 nitrogen and oxygen atoms in total. The molecule has 0 aromatic carbocycles. The predicted octanol–water partition coefficient (Wildman–Crippen LogP) is 0.800. The van der Waals surface area contributed by atoms with Crippen molar-refractivity contribution in [1.29, 1.82) is 0 Å². The molecule has 4 heteroatoms. The Hall–Kier alpha value is -0.220. The van der Waals surface area contributed by atoms with Crippen molar-refractivity contribution in [3.8, 4) is 0 Å². The molecule has 12 heavy (non-hydrogen) atoms. The number of rotatable bonds is 4. The lowest BCUT2D eigenvalue weighted by Crippen LogP contribution is -2.30. The molecule has 0 amide bonds. The average Bonchev–Trinajstić information content (AvgIpc) is 1.84. The van der Waals surface area contributed by atoms with Crippen molar-refractivity contribution in [2.24, 2.45) is 0 Å². The Labute approximate surface area is 79.5 Å². The number of hydrogen-bond donors (Lipinski definition) is 1. The normalized spacial score (nSPS) is 11.8. The Morgan fingerprint density at radius 3 is 2.33 bits per heavy atom. The van der Waals surface area contributed by atoms with Crippen LogP contribution in [0.1, 0.15) is 13.8 Å². The molecule has 0 aromatic rings. The van der Waals surface area contributed by atoms with E-state index in [1.54, 1.807) is 13.8 Å². The summed E-state index contributed by atoms with van der Waals surface area (Å²) in [5.74, 6) is -0.271. The maximum Gasteiger partial charge on any atom is 0.321 e. The first-order valence-electron chi connectivity index (χ1n) is 3.88.